The van der Waals surface area contributed by atoms with Crippen LogP contribution in [0.5, 0.6) is 0 Å². The average Bonchev–Trinajstić information content (AvgIpc) is 2.98. The SMILES string of the molecule is CCCCCCCCCCP(CCCCCCCCCC)C(C)C1(C)P=C(C)C(C)=C1C. The van der Waals surface area contributed by atoms with Crippen LogP contribution in [-0.2, 0) is 0 Å². The lowest BCUT2D eigenvalue weighted by Crippen LogP contribution is -2.32. The van der Waals surface area contributed by atoms with Gasteiger partial charge < -0.3 is 0 Å². The molecule has 2 atom stereocenters. The molecule has 0 aromatic heterocycles. The summed E-state index contributed by atoms with van der Waals surface area (Å²) in [5, 5.41) is 2.03. The van der Waals surface area contributed by atoms with E-state index in [1.165, 1.54) is 115 Å². The van der Waals surface area contributed by atoms with Crippen LogP contribution in [0, 0.1) is 0 Å². The third-order valence-corrected chi connectivity index (χ3v) is 13.7. The van der Waals surface area contributed by atoms with Crippen LogP contribution in [0.2, 0.25) is 0 Å². The largest absolute Gasteiger partial charge is 0.102 e. The van der Waals surface area contributed by atoms with Crippen LogP contribution in [0.15, 0.2) is 11.1 Å². The molecular formula is C30H58P2. The molecule has 0 saturated carbocycles. The Hall–Kier alpha value is 0.340. The van der Waals surface area contributed by atoms with Crippen molar-refractivity contribution in [2.75, 3.05) is 12.3 Å². The number of rotatable bonds is 20. The highest BCUT2D eigenvalue weighted by Gasteiger charge is 2.39. The van der Waals surface area contributed by atoms with Gasteiger partial charge in [0.2, 0.25) is 0 Å². The molecule has 1 aliphatic rings. The summed E-state index contributed by atoms with van der Waals surface area (Å²) >= 11 is 0. The summed E-state index contributed by atoms with van der Waals surface area (Å²) in [4.78, 5) is 0. The molecule has 0 aliphatic carbocycles. The first-order valence-corrected chi connectivity index (χ1v) is 17.0. The topological polar surface area (TPSA) is 0 Å². The quantitative estimate of drug-likeness (QED) is 0.120. The predicted octanol–water partition coefficient (Wildman–Crippen LogP) is 11.4. The maximum absolute atomic E-state index is 2.63. The van der Waals surface area contributed by atoms with Crippen LogP contribution in [-0.4, -0.2) is 28.4 Å². The van der Waals surface area contributed by atoms with Crippen molar-refractivity contribution in [3.63, 3.8) is 0 Å². The van der Waals surface area contributed by atoms with E-state index in [0.29, 0.717) is 5.16 Å². The standard InChI is InChI=1S/C30H58P2/c1-8-10-12-14-16-18-20-22-24-32(25-23-21-19-17-15-13-11-9-2)29(6)30(7)27(4)26(3)28(5)31-30/h29H,8-25H2,1-7H3. The second-order valence-corrected chi connectivity index (χ2v) is 15.4. The van der Waals surface area contributed by atoms with E-state index in [9.17, 15) is 0 Å². The third-order valence-electron chi connectivity index (χ3n) is 8.22. The Labute approximate surface area is 206 Å². The zero-order valence-electron chi connectivity index (χ0n) is 23.2. The van der Waals surface area contributed by atoms with Crippen LogP contribution < -0.4 is 0 Å². The summed E-state index contributed by atoms with van der Waals surface area (Å²) in [7, 11) is 1.75. The molecule has 0 saturated heterocycles. The Morgan fingerprint density at radius 3 is 1.38 bits per heavy atom. The number of allylic oxidation sites excluding steroid dienone is 2. The van der Waals surface area contributed by atoms with Crippen molar-refractivity contribution >= 4 is 21.4 Å². The number of hydrogen-bond acceptors (Lipinski definition) is 0. The minimum absolute atomic E-state index is 0.139. The maximum Gasteiger partial charge on any atom is 0.0372 e. The fourth-order valence-electron chi connectivity index (χ4n) is 5.33. The summed E-state index contributed by atoms with van der Waals surface area (Å²) in [6.45, 7) is 17.0. The van der Waals surface area contributed by atoms with Crippen molar-refractivity contribution < 1.29 is 0 Å². The zero-order valence-corrected chi connectivity index (χ0v) is 25.0. The highest BCUT2D eigenvalue weighted by Crippen LogP contribution is 2.56. The Bertz CT molecular complexity index is 527. The molecule has 0 nitrogen and oxygen atoms in total. The lowest BCUT2D eigenvalue weighted by atomic mass is 9.93. The predicted molar refractivity (Wildman–Crippen MR) is 156 cm³/mol. The van der Waals surface area contributed by atoms with Crippen LogP contribution in [0.1, 0.15) is 151 Å². The minimum atomic E-state index is 0.139. The molecule has 2 heteroatoms. The Balaban J connectivity index is 2.51. The first-order valence-electron chi connectivity index (χ1n) is 14.4. The molecular weight excluding hydrogens is 422 g/mol. The van der Waals surface area contributed by atoms with E-state index in [1.54, 1.807) is 24.6 Å². The lowest BCUT2D eigenvalue weighted by molar-refractivity contribution is 0.582. The molecule has 1 aliphatic heterocycles. The van der Waals surface area contributed by atoms with Crippen molar-refractivity contribution in [1.82, 2.24) is 0 Å². The van der Waals surface area contributed by atoms with E-state index >= 15 is 0 Å². The van der Waals surface area contributed by atoms with Crippen molar-refractivity contribution in [2.45, 2.75) is 162 Å². The Morgan fingerprint density at radius 2 is 1.03 bits per heavy atom. The molecule has 0 amide bonds. The van der Waals surface area contributed by atoms with Crippen LogP contribution in [0.25, 0.3) is 0 Å². The van der Waals surface area contributed by atoms with E-state index < -0.39 is 0 Å². The average molecular weight is 481 g/mol. The summed E-state index contributed by atoms with van der Waals surface area (Å²) in [6.07, 6.45) is 26.3. The van der Waals surface area contributed by atoms with Gasteiger partial charge in [0.1, 0.15) is 0 Å². The van der Waals surface area contributed by atoms with Crippen molar-refractivity contribution in [3.8, 4) is 0 Å². The van der Waals surface area contributed by atoms with E-state index in [0.717, 1.165) is 5.66 Å². The second kappa shape index (κ2) is 17.7. The molecule has 0 N–H and O–H groups in total. The second-order valence-electron chi connectivity index (χ2n) is 10.8. The highest BCUT2D eigenvalue weighted by atomic mass is 31.1. The molecule has 0 aromatic rings. The fourth-order valence-corrected chi connectivity index (χ4v) is 10.7. The van der Waals surface area contributed by atoms with Crippen molar-refractivity contribution in [3.05, 3.63) is 11.1 Å². The summed E-state index contributed by atoms with van der Waals surface area (Å²) in [5.74, 6) is 0. The Kier molecular flexibility index (Phi) is 16.8. The van der Waals surface area contributed by atoms with E-state index in [2.05, 4.69) is 48.5 Å². The molecule has 188 valence electrons. The molecule has 0 fully saturated rings. The first-order chi connectivity index (χ1) is 15.4. The molecule has 0 radical (unpaired) electrons. The van der Waals surface area contributed by atoms with Gasteiger partial charge in [-0.05, 0) is 69.4 Å². The lowest BCUT2D eigenvalue weighted by Gasteiger charge is -2.38. The molecule has 1 heterocycles. The Morgan fingerprint density at radius 1 is 0.656 bits per heavy atom. The van der Waals surface area contributed by atoms with Crippen LogP contribution in [0.4, 0.5) is 0 Å². The molecule has 2 unspecified atom stereocenters. The third kappa shape index (κ3) is 10.7. The van der Waals surface area contributed by atoms with Gasteiger partial charge in [0.15, 0.2) is 0 Å². The molecule has 0 bridgehead atoms. The molecule has 1 rings (SSSR count). The first kappa shape index (κ1) is 30.4. The normalized spacial score (nSPS) is 20.3. The van der Waals surface area contributed by atoms with E-state index in [4.69, 9.17) is 0 Å². The summed E-state index contributed by atoms with van der Waals surface area (Å²) in [6, 6.07) is 0. The van der Waals surface area contributed by atoms with Gasteiger partial charge in [0, 0.05) is 5.16 Å². The van der Waals surface area contributed by atoms with Crippen LogP contribution >= 0.6 is 16.1 Å². The van der Waals surface area contributed by atoms with Gasteiger partial charge >= 0.3 is 0 Å². The highest BCUT2D eigenvalue weighted by molar-refractivity contribution is 7.59. The van der Waals surface area contributed by atoms with Crippen molar-refractivity contribution in [1.29, 1.82) is 0 Å². The smallest absolute Gasteiger partial charge is 0.0372 e. The summed E-state index contributed by atoms with van der Waals surface area (Å²) in [5.41, 5.74) is 4.17. The van der Waals surface area contributed by atoms with Gasteiger partial charge in [-0.1, -0.05) is 124 Å². The molecule has 0 aromatic carbocycles. The van der Waals surface area contributed by atoms with Gasteiger partial charge in [-0.3, -0.25) is 0 Å². The van der Waals surface area contributed by atoms with Crippen molar-refractivity contribution in [2.24, 2.45) is 0 Å². The molecule has 32 heavy (non-hydrogen) atoms. The fraction of sp³-hybridized carbons (Fsp3) is 0.900. The number of unbranched alkanes of at least 4 members (excludes halogenated alkanes) is 14. The van der Waals surface area contributed by atoms with E-state index in [1.807, 2.05) is 0 Å². The van der Waals surface area contributed by atoms with Gasteiger partial charge in [0.05, 0.1) is 0 Å². The minimum Gasteiger partial charge on any atom is -0.102 e. The molecule has 0 spiro atoms. The zero-order chi connectivity index (χ0) is 23.8. The summed E-state index contributed by atoms with van der Waals surface area (Å²) < 4.78 is 0. The van der Waals surface area contributed by atoms with Crippen LogP contribution in [0.3, 0.4) is 0 Å². The van der Waals surface area contributed by atoms with Gasteiger partial charge in [0.25, 0.3) is 0 Å². The number of hydrogen-bond donors (Lipinski definition) is 0. The van der Waals surface area contributed by atoms with E-state index in [-0.39, 0.29) is 7.92 Å². The van der Waals surface area contributed by atoms with Gasteiger partial charge in [-0.25, -0.2) is 0 Å². The maximum atomic E-state index is 2.63. The van der Waals surface area contributed by atoms with Gasteiger partial charge in [-0.15, -0.1) is 7.92 Å². The van der Waals surface area contributed by atoms with Gasteiger partial charge in [-0.2, -0.15) is 0 Å². The monoisotopic (exact) mass is 480 g/mol.